The van der Waals surface area contributed by atoms with Gasteiger partial charge in [-0.3, -0.25) is 14.6 Å². The van der Waals surface area contributed by atoms with Crippen molar-refractivity contribution >= 4 is 5.91 Å². The van der Waals surface area contributed by atoms with E-state index in [1.54, 1.807) is 0 Å². The molecule has 1 unspecified atom stereocenters. The molecule has 104 valence electrons. The van der Waals surface area contributed by atoms with E-state index in [1.165, 1.54) is 0 Å². The van der Waals surface area contributed by atoms with Crippen LogP contribution in [-0.2, 0) is 4.79 Å². The fourth-order valence-electron chi connectivity index (χ4n) is 2.49. The monoisotopic (exact) mass is 255 g/mol. The quantitative estimate of drug-likeness (QED) is 0.681. The zero-order chi connectivity index (χ0) is 13.0. The fraction of sp³-hybridized carbons (Fsp3) is 0.923. The number of nitrogens with zero attached hydrogens (tertiary/aromatic N) is 2. The molecular formula is C13H25N3O2. The molecule has 1 saturated carbocycles. The van der Waals surface area contributed by atoms with E-state index in [4.69, 9.17) is 0 Å². The van der Waals surface area contributed by atoms with Gasteiger partial charge in [0.05, 0.1) is 13.2 Å². The Morgan fingerprint density at radius 1 is 1.33 bits per heavy atom. The highest BCUT2D eigenvalue weighted by molar-refractivity contribution is 5.78. The van der Waals surface area contributed by atoms with Crippen molar-refractivity contribution < 1.29 is 9.90 Å². The zero-order valence-corrected chi connectivity index (χ0v) is 11.3. The number of amides is 1. The molecule has 5 nitrogen and oxygen atoms in total. The third-order valence-corrected chi connectivity index (χ3v) is 3.91. The normalized spacial score (nSPS) is 23.9. The molecule has 18 heavy (non-hydrogen) atoms. The van der Waals surface area contributed by atoms with Crippen LogP contribution in [0.5, 0.6) is 0 Å². The predicted octanol–water partition coefficient (Wildman–Crippen LogP) is -0.346. The number of carbonyl (C=O) groups excluding carboxylic acids is 1. The molecule has 5 heteroatoms. The minimum absolute atomic E-state index is 0.167. The molecule has 0 spiro atoms. The van der Waals surface area contributed by atoms with E-state index in [9.17, 15) is 9.90 Å². The molecule has 1 atom stereocenters. The van der Waals surface area contributed by atoms with Gasteiger partial charge >= 0.3 is 0 Å². The van der Waals surface area contributed by atoms with E-state index in [-0.39, 0.29) is 18.6 Å². The Bertz CT molecular complexity index is 269. The second kappa shape index (κ2) is 6.50. The molecule has 0 radical (unpaired) electrons. The maximum Gasteiger partial charge on any atom is 0.234 e. The van der Waals surface area contributed by atoms with Crippen molar-refractivity contribution in [2.24, 2.45) is 0 Å². The average molecular weight is 255 g/mol. The number of carbonyl (C=O) groups is 1. The molecule has 2 aliphatic rings. The summed E-state index contributed by atoms with van der Waals surface area (Å²) in [5, 5.41) is 12.3. The second-order valence-corrected chi connectivity index (χ2v) is 5.40. The number of hydrogen-bond donors (Lipinski definition) is 2. The standard InChI is InChI=1S/C13H25N3O2/c1-2-12(10-17)16-7-5-15(6-8-16)9-13(18)14-11-3-4-11/h11-12,17H,2-10H2,1H3,(H,14,18). The van der Waals surface area contributed by atoms with Gasteiger partial charge in [-0.2, -0.15) is 0 Å². The Balaban J connectivity index is 1.67. The first kappa shape index (κ1) is 13.8. The number of aliphatic hydroxyl groups is 1. The van der Waals surface area contributed by atoms with Crippen LogP contribution in [0.25, 0.3) is 0 Å². The van der Waals surface area contributed by atoms with Gasteiger partial charge in [-0.1, -0.05) is 6.92 Å². The van der Waals surface area contributed by atoms with Crippen LogP contribution in [0.4, 0.5) is 0 Å². The number of rotatable bonds is 6. The summed E-state index contributed by atoms with van der Waals surface area (Å²) in [5.74, 6) is 0.167. The minimum Gasteiger partial charge on any atom is -0.395 e. The minimum atomic E-state index is 0.167. The number of piperazine rings is 1. The summed E-state index contributed by atoms with van der Waals surface area (Å²) in [6, 6.07) is 0.741. The van der Waals surface area contributed by atoms with E-state index >= 15 is 0 Å². The molecule has 1 saturated heterocycles. The summed E-state index contributed by atoms with van der Waals surface area (Å²) < 4.78 is 0. The van der Waals surface area contributed by atoms with Crippen LogP contribution >= 0.6 is 0 Å². The van der Waals surface area contributed by atoms with Gasteiger partial charge in [0.15, 0.2) is 0 Å². The van der Waals surface area contributed by atoms with Gasteiger partial charge in [-0.25, -0.2) is 0 Å². The van der Waals surface area contributed by atoms with Crippen LogP contribution in [-0.4, -0.2) is 72.2 Å². The van der Waals surface area contributed by atoms with E-state index in [0.29, 0.717) is 12.6 Å². The van der Waals surface area contributed by atoms with Gasteiger partial charge in [-0.05, 0) is 19.3 Å². The van der Waals surface area contributed by atoms with Gasteiger partial charge < -0.3 is 10.4 Å². The molecule has 2 fully saturated rings. The SMILES string of the molecule is CCC(CO)N1CCN(CC(=O)NC2CC2)CC1. The second-order valence-electron chi connectivity index (χ2n) is 5.40. The highest BCUT2D eigenvalue weighted by Crippen LogP contribution is 2.18. The lowest BCUT2D eigenvalue weighted by atomic mass is 10.1. The van der Waals surface area contributed by atoms with Crippen LogP contribution in [0.1, 0.15) is 26.2 Å². The molecule has 2 rings (SSSR count). The Morgan fingerprint density at radius 3 is 2.50 bits per heavy atom. The molecule has 0 aromatic rings. The Hall–Kier alpha value is -0.650. The Kier molecular flexibility index (Phi) is 4.97. The number of nitrogens with one attached hydrogen (secondary N) is 1. The average Bonchev–Trinajstić information content (AvgIpc) is 3.16. The van der Waals surface area contributed by atoms with Crippen LogP contribution in [0.2, 0.25) is 0 Å². The van der Waals surface area contributed by atoms with E-state index in [1.807, 2.05) is 0 Å². The van der Waals surface area contributed by atoms with E-state index in [0.717, 1.165) is 45.4 Å². The van der Waals surface area contributed by atoms with Gasteiger partial charge in [0, 0.05) is 38.3 Å². The molecule has 0 aromatic heterocycles. The van der Waals surface area contributed by atoms with Gasteiger partial charge in [0.1, 0.15) is 0 Å². The lowest BCUT2D eigenvalue weighted by molar-refractivity contribution is -0.122. The third-order valence-electron chi connectivity index (χ3n) is 3.91. The lowest BCUT2D eigenvalue weighted by Crippen LogP contribution is -2.53. The number of hydrogen-bond acceptors (Lipinski definition) is 4. The van der Waals surface area contributed by atoms with Crippen molar-refractivity contribution in [3.05, 3.63) is 0 Å². The molecule has 0 aromatic carbocycles. The van der Waals surface area contributed by atoms with Crippen molar-refractivity contribution in [1.29, 1.82) is 0 Å². The Morgan fingerprint density at radius 2 is 2.00 bits per heavy atom. The summed E-state index contributed by atoms with van der Waals surface area (Å²) in [6.07, 6.45) is 3.28. The summed E-state index contributed by atoms with van der Waals surface area (Å²) in [7, 11) is 0. The molecule has 0 bridgehead atoms. The van der Waals surface area contributed by atoms with Crippen LogP contribution in [0, 0.1) is 0 Å². The molecule has 1 aliphatic heterocycles. The van der Waals surface area contributed by atoms with Gasteiger partial charge in [0.2, 0.25) is 5.91 Å². The van der Waals surface area contributed by atoms with Crippen molar-refractivity contribution in [2.75, 3.05) is 39.3 Å². The first-order valence-electron chi connectivity index (χ1n) is 7.09. The van der Waals surface area contributed by atoms with Crippen molar-refractivity contribution in [3.63, 3.8) is 0 Å². The van der Waals surface area contributed by atoms with Crippen LogP contribution in [0.15, 0.2) is 0 Å². The van der Waals surface area contributed by atoms with E-state index < -0.39 is 0 Å². The summed E-state index contributed by atoms with van der Waals surface area (Å²) in [6.45, 7) is 6.63. The highest BCUT2D eigenvalue weighted by atomic mass is 16.3. The molecule has 2 N–H and O–H groups in total. The smallest absolute Gasteiger partial charge is 0.234 e. The lowest BCUT2D eigenvalue weighted by Gasteiger charge is -2.38. The highest BCUT2D eigenvalue weighted by Gasteiger charge is 2.26. The first-order chi connectivity index (χ1) is 8.72. The van der Waals surface area contributed by atoms with Crippen LogP contribution < -0.4 is 5.32 Å². The summed E-state index contributed by atoms with van der Waals surface area (Å²) in [5.41, 5.74) is 0. The zero-order valence-electron chi connectivity index (χ0n) is 11.3. The van der Waals surface area contributed by atoms with Crippen LogP contribution in [0.3, 0.4) is 0 Å². The van der Waals surface area contributed by atoms with Gasteiger partial charge in [0.25, 0.3) is 0 Å². The molecule has 1 amide bonds. The van der Waals surface area contributed by atoms with E-state index in [2.05, 4.69) is 22.0 Å². The maximum atomic E-state index is 11.7. The summed E-state index contributed by atoms with van der Waals surface area (Å²) in [4.78, 5) is 16.2. The topological polar surface area (TPSA) is 55.8 Å². The van der Waals surface area contributed by atoms with Crippen molar-refractivity contribution in [3.8, 4) is 0 Å². The maximum absolute atomic E-state index is 11.7. The Labute approximate surface area is 109 Å². The van der Waals surface area contributed by atoms with Crippen molar-refractivity contribution in [1.82, 2.24) is 15.1 Å². The molecule has 1 aliphatic carbocycles. The molecule has 1 heterocycles. The third kappa shape index (κ3) is 3.93. The van der Waals surface area contributed by atoms with Crippen molar-refractivity contribution in [2.45, 2.75) is 38.3 Å². The number of aliphatic hydroxyl groups excluding tert-OH is 1. The predicted molar refractivity (Wildman–Crippen MR) is 70.3 cm³/mol. The first-order valence-corrected chi connectivity index (χ1v) is 7.09. The van der Waals surface area contributed by atoms with Gasteiger partial charge in [-0.15, -0.1) is 0 Å². The largest absolute Gasteiger partial charge is 0.395 e. The summed E-state index contributed by atoms with van der Waals surface area (Å²) >= 11 is 0. The fourth-order valence-corrected chi connectivity index (χ4v) is 2.49. The molecular weight excluding hydrogens is 230 g/mol.